The predicted octanol–water partition coefficient (Wildman–Crippen LogP) is 1.50. The second-order valence-corrected chi connectivity index (χ2v) is 5.70. The Morgan fingerprint density at radius 2 is 1.83 bits per heavy atom. The lowest BCUT2D eigenvalue weighted by atomic mass is 10.2. The molecule has 7 nitrogen and oxygen atoms in total. The van der Waals surface area contributed by atoms with Gasteiger partial charge in [0.25, 0.3) is 5.91 Å². The van der Waals surface area contributed by atoms with Gasteiger partial charge in [-0.15, -0.1) is 0 Å². The minimum Gasteiger partial charge on any atom is -0.497 e. The smallest absolute Gasteiger partial charge is 0.342 e. The van der Waals surface area contributed by atoms with E-state index in [0.717, 1.165) is 0 Å². The number of carbonyl (C=O) groups excluding carboxylic acids is 2. The number of nitrogens with zero attached hydrogens (tertiary/aromatic N) is 1. The fraction of sp³-hybridized carbons (Fsp3) is 0.529. The molecule has 0 bridgehead atoms. The summed E-state index contributed by atoms with van der Waals surface area (Å²) in [6.45, 7) is 4.49. The number of hydrogen-bond acceptors (Lipinski definition) is 6. The average Bonchev–Trinajstić information content (AvgIpc) is 2.57. The molecule has 0 spiro atoms. The van der Waals surface area contributed by atoms with Crippen LogP contribution < -0.4 is 9.47 Å². The van der Waals surface area contributed by atoms with Crippen molar-refractivity contribution in [1.82, 2.24) is 4.90 Å². The molecule has 1 aliphatic heterocycles. The van der Waals surface area contributed by atoms with E-state index in [9.17, 15) is 9.59 Å². The molecule has 0 aliphatic carbocycles. The summed E-state index contributed by atoms with van der Waals surface area (Å²) in [6.07, 6.45) is -0.0647. The van der Waals surface area contributed by atoms with Crippen LogP contribution in [0.25, 0.3) is 0 Å². The number of amides is 1. The largest absolute Gasteiger partial charge is 0.497 e. The van der Waals surface area contributed by atoms with Gasteiger partial charge in [0.15, 0.2) is 6.61 Å². The van der Waals surface area contributed by atoms with Crippen LogP contribution >= 0.6 is 0 Å². The van der Waals surface area contributed by atoms with Crippen LogP contribution in [-0.4, -0.2) is 62.9 Å². The van der Waals surface area contributed by atoms with Crippen LogP contribution in [0, 0.1) is 0 Å². The van der Waals surface area contributed by atoms with E-state index in [4.69, 9.17) is 18.9 Å². The van der Waals surface area contributed by atoms with Crippen molar-refractivity contribution in [2.45, 2.75) is 26.1 Å². The van der Waals surface area contributed by atoms with Gasteiger partial charge in [-0.25, -0.2) is 4.79 Å². The van der Waals surface area contributed by atoms with E-state index in [1.807, 2.05) is 13.8 Å². The Morgan fingerprint density at radius 3 is 2.42 bits per heavy atom. The van der Waals surface area contributed by atoms with E-state index < -0.39 is 5.97 Å². The first-order valence-corrected chi connectivity index (χ1v) is 7.77. The lowest BCUT2D eigenvalue weighted by Crippen LogP contribution is -2.49. The summed E-state index contributed by atoms with van der Waals surface area (Å²) >= 11 is 0. The highest BCUT2D eigenvalue weighted by Crippen LogP contribution is 2.25. The molecule has 0 radical (unpaired) electrons. The van der Waals surface area contributed by atoms with E-state index in [2.05, 4.69) is 0 Å². The van der Waals surface area contributed by atoms with Gasteiger partial charge in [-0.05, 0) is 26.0 Å². The number of esters is 1. The summed E-state index contributed by atoms with van der Waals surface area (Å²) < 4.78 is 21.0. The van der Waals surface area contributed by atoms with Crippen molar-refractivity contribution in [3.8, 4) is 11.5 Å². The topological polar surface area (TPSA) is 74.3 Å². The molecule has 0 N–H and O–H groups in total. The first kappa shape index (κ1) is 18.1. The molecule has 1 saturated heterocycles. The molecule has 1 aromatic rings. The molecule has 1 fully saturated rings. The van der Waals surface area contributed by atoms with Crippen molar-refractivity contribution in [2.24, 2.45) is 0 Å². The number of benzene rings is 1. The van der Waals surface area contributed by atoms with Crippen LogP contribution in [-0.2, 0) is 14.3 Å². The van der Waals surface area contributed by atoms with Crippen LogP contribution in [0.1, 0.15) is 24.2 Å². The van der Waals surface area contributed by atoms with Gasteiger partial charge in [-0.1, -0.05) is 0 Å². The van der Waals surface area contributed by atoms with Crippen molar-refractivity contribution < 1.29 is 28.5 Å². The van der Waals surface area contributed by atoms with Crippen molar-refractivity contribution in [3.63, 3.8) is 0 Å². The molecule has 1 amide bonds. The molecule has 132 valence electrons. The monoisotopic (exact) mass is 337 g/mol. The number of morpholine rings is 1. The lowest BCUT2D eigenvalue weighted by molar-refractivity contribution is -0.146. The second-order valence-electron chi connectivity index (χ2n) is 5.70. The summed E-state index contributed by atoms with van der Waals surface area (Å²) in [5, 5.41) is 0. The molecule has 1 heterocycles. The Hall–Kier alpha value is -2.28. The molecule has 0 aromatic heterocycles. The zero-order chi connectivity index (χ0) is 17.7. The van der Waals surface area contributed by atoms with Crippen molar-refractivity contribution >= 4 is 11.9 Å². The van der Waals surface area contributed by atoms with Crippen LogP contribution in [0.3, 0.4) is 0 Å². The van der Waals surface area contributed by atoms with Crippen LogP contribution in [0.5, 0.6) is 11.5 Å². The molecule has 1 aliphatic rings. The summed E-state index contributed by atoms with van der Waals surface area (Å²) in [5.74, 6) is 0.0474. The molecule has 0 unspecified atom stereocenters. The van der Waals surface area contributed by atoms with Crippen LogP contribution in [0.2, 0.25) is 0 Å². The van der Waals surface area contributed by atoms with Gasteiger partial charge in [-0.2, -0.15) is 0 Å². The van der Waals surface area contributed by atoms with Gasteiger partial charge in [-0.3, -0.25) is 4.79 Å². The fourth-order valence-corrected chi connectivity index (χ4v) is 2.65. The van der Waals surface area contributed by atoms with Crippen LogP contribution in [0.15, 0.2) is 18.2 Å². The number of ether oxygens (including phenoxy) is 4. The molecular formula is C17H23NO6. The third kappa shape index (κ3) is 4.38. The number of methoxy groups -OCH3 is 2. The Balaban J connectivity index is 1.96. The van der Waals surface area contributed by atoms with Gasteiger partial charge in [0, 0.05) is 19.2 Å². The van der Waals surface area contributed by atoms with Gasteiger partial charge in [0.1, 0.15) is 17.1 Å². The van der Waals surface area contributed by atoms with Crippen molar-refractivity contribution in [1.29, 1.82) is 0 Å². The molecule has 7 heteroatoms. The van der Waals surface area contributed by atoms with Crippen LogP contribution in [0.4, 0.5) is 0 Å². The molecule has 1 aromatic carbocycles. The highest BCUT2D eigenvalue weighted by molar-refractivity contribution is 5.94. The zero-order valence-electron chi connectivity index (χ0n) is 14.4. The quantitative estimate of drug-likeness (QED) is 0.758. The zero-order valence-corrected chi connectivity index (χ0v) is 14.4. The summed E-state index contributed by atoms with van der Waals surface area (Å²) in [5.41, 5.74) is 0.245. The molecular weight excluding hydrogens is 314 g/mol. The summed E-state index contributed by atoms with van der Waals surface area (Å²) in [6, 6.07) is 4.76. The molecule has 2 rings (SSSR count). The van der Waals surface area contributed by atoms with Gasteiger partial charge in [0.2, 0.25) is 0 Å². The summed E-state index contributed by atoms with van der Waals surface area (Å²) in [7, 11) is 2.98. The predicted molar refractivity (Wildman–Crippen MR) is 86.4 cm³/mol. The number of rotatable bonds is 5. The van der Waals surface area contributed by atoms with E-state index in [0.29, 0.717) is 24.6 Å². The first-order valence-electron chi connectivity index (χ1n) is 7.77. The third-order valence-corrected chi connectivity index (χ3v) is 3.73. The van der Waals surface area contributed by atoms with Crippen molar-refractivity contribution in [2.75, 3.05) is 33.9 Å². The minimum atomic E-state index is -0.614. The normalized spacial score (nSPS) is 20.4. The number of carbonyl (C=O) groups is 2. The third-order valence-electron chi connectivity index (χ3n) is 3.73. The SMILES string of the molecule is COc1ccc(C(=O)OCC(=O)N2C[C@H](C)O[C@@H](C)C2)c(OC)c1. The highest BCUT2D eigenvalue weighted by atomic mass is 16.5. The highest BCUT2D eigenvalue weighted by Gasteiger charge is 2.26. The molecule has 2 atom stereocenters. The molecule has 24 heavy (non-hydrogen) atoms. The van der Waals surface area contributed by atoms with Gasteiger partial charge in [0.05, 0.1) is 26.4 Å². The summed E-state index contributed by atoms with van der Waals surface area (Å²) in [4.78, 5) is 26.1. The minimum absolute atomic E-state index is 0.0323. The Bertz CT molecular complexity index is 593. The Morgan fingerprint density at radius 1 is 1.17 bits per heavy atom. The maximum Gasteiger partial charge on any atom is 0.342 e. The second kappa shape index (κ2) is 8.01. The van der Waals surface area contributed by atoms with E-state index in [-0.39, 0.29) is 30.3 Å². The van der Waals surface area contributed by atoms with Gasteiger partial charge >= 0.3 is 5.97 Å². The average molecular weight is 337 g/mol. The first-order chi connectivity index (χ1) is 11.4. The maximum absolute atomic E-state index is 12.2. The van der Waals surface area contributed by atoms with E-state index in [1.165, 1.54) is 14.2 Å². The van der Waals surface area contributed by atoms with Gasteiger partial charge < -0.3 is 23.8 Å². The Kier molecular flexibility index (Phi) is 6.03. The van der Waals surface area contributed by atoms with Crippen molar-refractivity contribution in [3.05, 3.63) is 23.8 Å². The maximum atomic E-state index is 12.2. The van der Waals surface area contributed by atoms with E-state index in [1.54, 1.807) is 23.1 Å². The fourth-order valence-electron chi connectivity index (χ4n) is 2.65. The van der Waals surface area contributed by atoms with E-state index >= 15 is 0 Å². The standard InChI is InChI=1S/C17H23NO6/c1-11-8-18(9-12(2)24-11)16(19)10-23-17(20)14-6-5-13(21-3)7-15(14)22-4/h5-7,11-12H,8-10H2,1-4H3/t11-,12-/m0/s1. The lowest BCUT2D eigenvalue weighted by Gasteiger charge is -2.35. The number of hydrogen-bond donors (Lipinski definition) is 0. The Labute approximate surface area is 141 Å². The molecule has 0 saturated carbocycles.